The quantitative estimate of drug-likeness (QED) is 0.881. The molecular weight excluding hydrogens is 266 g/mol. The molecule has 0 aliphatic heterocycles. The normalized spacial score (nSPS) is 10.3. The van der Waals surface area contributed by atoms with E-state index >= 15 is 0 Å². The average Bonchev–Trinajstić information content (AvgIpc) is 2.48. The summed E-state index contributed by atoms with van der Waals surface area (Å²) < 4.78 is 10.6. The van der Waals surface area contributed by atoms with Crippen LogP contribution in [-0.4, -0.2) is 19.3 Å². The predicted octanol–water partition coefficient (Wildman–Crippen LogP) is 3.64. The SMILES string of the molecule is COc1cc(C)c(NCc2cc(C)ccc2O)cc1OC. The van der Waals surface area contributed by atoms with Crippen molar-refractivity contribution in [3.8, 4) is 17.2 Å². The summed E-state index contributed by atoms with van der Waals surface area (Å²) in [6.45, 7) is 4.55. The van der Waals surface area contributed by atoms with E-state index in [0.717, 1.165) is 22.4 Å². The van der Waals surface area contributed by atoms with Crippen molar-refractivity contribution >= 4 is 5.69 Å². The van der Waals surface area contributed by atoms with Gasteiger partial charge < -0.3 is 19.9 Å². The maximum Gasteiger partial charge on any atom is 0.162 e. The highest BCUT2D eigenvalue weighted by Gasteiger charge is 2.09. The number of nitrogens with one attached hydrogen (secondary N) is 1. The molecule has 2 N–H and O–H groups in total. The molecule has 0 atom stereocenters. The summed E-state index contributed by atoms with van der Waals surface area (Å²) >= 11 is 0. The number of phenolic OH excluding ortho intramolecular Hbond substituents is 1. The van der Waals surface area contributed by atoms with Crippen molar-refractivity contribution in [2.45, 2.75) is 20.4 Å². The Bertz CT molecular complexity index is 638. The van der Waals surface area contributed by atoms with E-state index in [2.05, 4.69) is 5.32 Å². The van der Waals surface area contributed by atoms with Crippen LogP contribution in [0.25, 0.3) is 0 Å². The molecule has 0 bridgehead atoms. The smallest absolute Gasteiger partial charge is 0.162 e. The minimum atomic E-state index is 0.297. The number of aryl methyl sites for hydroxylation is 2. The predicted molar refractivity (Wildman–Crippen MR) is 84.5 cm³/mol. The van der Waals surface area contributed by atoms with E-state index in [1.54, 1.807) is 20.3 Å². The first-order valence-corrected chi connectivity index (χ1v) is 6.80. The Morgan fingerprint density at radius 3 is 2.33 bits per heavy atom. The van der Waals surface area contributed by atoms with Gasteiger partial charge in [-0.05, 0) is 31.5 Å². The van der Waals surface area contributed by atoms with Gasteiger partial charge in [-0.15, -0.1) is 0 Å². The van der Waals surface area contributed by atoms with Gasteiger partial charge in [-0.1, -0.05) is 17.7 Å². The van der Waals surface area contributed by atoms with Crippen molar-refractivity contribution in [1.82, 2.24) is 0 Å². The molecule has 21 heavy (non-hydrogen) atoms. The molecule has 0 saturated carbocycles. The Balaban J connectivity index is 2.21. The Labute approximate surface area is 125 Å². The second-order valence-corrected chi connectivity index (χ2v) is 5.01. The third-order valence-electron chi connectivity index (χ3n) is 3.43. The number of hydrogen-bond donors (Lipinski definition) is 2. The van der Waals surface area contributed by atoms with Crippen molar-refractivity contribution in [2.75, 3.05) is 19.5 Å². The number of anilines is 1. The molecule has 0 amide bonds. The molecule has 0 radical (unpaired) electrons. The molecule has 112 valence electrons. The van der Waals surface area contributed by atoms with Crippen molar-refractivity contribution in [3.63, 3.8) is 0 Å². The molecule has 4 nitrogen and oxygen atoms in total. The lowest BCUT2D eigenvalue weighted by Gasteiger charge is -2.15. The summed E-state index contributed by atoms with van der Waals surface area (Å²) in [4.78, 5) is 0. The van der Waals surface area contributed by atoms with Gasteiger partial charge in [0.25, 0.3) is 0 Å². The summed E-state index contributed by atoms with van der Waals surface area (Å²) in [6, 6.07) is 9.41. The minimum absolute atomic E-state index is 0.297. The number of aromatic hydroxyl groups is 1. The van der Waals surface area contributed by atoms with Gasteiger partial charge in [-0.25, -0.2) is 0 Å². The van der Waals surface area contributed by atoms with Crippen LogP contribution in [0, 0.1) is 13.8 Å². The maximum absolute atomic E-state index is 9.88. The van der Waals surface area contributed by atoms with E-state index in [0.29, 0.717) is 23.8 Å². The highest BCUT2D eigenvalue weighted by atomic mass is 16.5. The second kappa shape index (κ2) is 6.39. The molecule has 0 saturated heterocycles. The molecule has 2 rings (SSSR count). The van der Waals surface area contributed by atoms with Crippen LogP contribution in [0.3, 0.4) is 0 Å². The van der Waals surface area contributed by atoms with Gasteiger partial charge in [0, 0.05) is 23.9 Å². The van der Waals surface area contributed by atoms with Gasteiger partial charge >= 0.3 is 0 Å². The van der Waals surface area contributed by atoms with Gasteiger partial charge in [0.15, 0.2) is 11.5 Å². The van der Waals surface area contributed by atoms with E-state index < -0.39 is 0 Å². The molecule has 0 spiro atoms. The third-order valence-corrected chi connectivity index (χ3v) is 3.43. The number of methoxy groups -OCH3 is 2. The molecule has 0 aromatic heterocycles. The summed E-state index contributed by atoms with van der Waals surface area (Å²) in [5.74, 6) is 1.68. The zero-order valence-electron chi connectivity index (χ0n) is 12.9. The maximum atomic E-state index is 9.88. The third kappa shape index (κ3) is 3.40. The number of rotatable bonds is 5. The van der Waals surface area contributed by atoms with Crippen molar-refractivity contribution in [2.24, 2.45) is 0 Å². The lowest BCUT2D eigenvalue weighted by Crippen LogP contribution is -2.03. The van der Waals surface area contributed by atoms with Crippen LogP contribution in [0.2, 0.25) is 0 Å². The van der Waals surface area contributed by atoms with E-state index in [1.807, 2.05) is 38.1 Å². The highest BCUT2D eigenvalue weighted by Crippen LogP contribution is 2.33. The molecular formula is C17H21NO3. The van der Waals surface area contributed by atoms with E-state index in [4.69, 9.17) is 9.47 Å². The Hall–Kier alpha value is -2.36. The summed E-state index contributed by atoms with van der Waals surface area (Å²) in [7, 11) is 3.23. The first-order valence-electron chi connectivity index (χ1n) is 6.80. The molecule has 0 aliphatic carbocycles. The molecule has 0 fully saturated rings. The van der Waals surface area contributed by atoms with E-state index in [1.165, 1.54) is 0 Å². The van der Waals surface area contributed by atoms with Crippen LogP contribution in [0.4, 0.5) is 5.69 Å². The van der Waals surface area contributed by atoms with Crippen molar-refractivity contribution in [3.05, 3.63) is 47.0 Å². The van der Waals surface area contributed by atoms with Crippen LogP contribution in [0.15, 0.2) is 30.3 Å². The molecule has 2 aromatic rings. The second-order valence-electron chi connectivity index (χ2n) is 5.01. The first kappa shape index (κ1) is 15.0. The first-order chi connectivity index (χ1) is 10.0. The summed E-state index contributed by atoms with van der Waals surface area (Å²) in [5, 5.41) is 13.2. The van der Waals surface area contributed by atoms with E-state index in [-0.39, 0.29) is 0 Å². The minimum Gasteiger partial charge on any atom is -0.508 e. The van der Waals surface area contributed by atoms with Gasteiger partial charge in [0.2, 0.25) is 0 Å². The standard InChI is InChI=1S/C17H21NO3/c1-11-5-6-15(19)13(7-11)10-18-14-9-17(21-4)16(20-3)8-12(14)2/h5-9,18-19H,10H2,1-4H3. The summed E-state index contributed by atoms with van der Waals surface area (Å²) in [6.07, 6.45) is 0. The van der Waals surface area contributed by atoms with Gasteiger partial charge in [-0.2, -0.15) is 0 Å². The van der Waals surface area contributed by atoms with Gasteiger partial charge in [0.05, 0.1) is 14.2 Å². The molecule has 4 heteroatoms. The van der Waals surface area contributed by atoms with Gasteiger partial charge in [0.1, 0.15) is 5.75 Å². The molecule has 0 unspecified atom stereocenters. The number of phenols is 1. The highest BCUT2D eigenvalue weighted by molar-refractivity contribution is 5.60. The zero-order chi connectivity index (χ0) is 15.4. The Morgan fingerprint density at radius 2 is 1.67 bits per heavy atom. The van der Waals surface area contributed by atoms with Crippen LogP contribution >= 0.6 is 0 Å². The fraction of sp³-hybridized carbons (Fsp3) is 0.294. The Morgan fingerprint density at radius 1 is 1.00 bits per heavy atom. The van der Waals surface area contributed by atoms with E-state index in [9.17, 15) is 5.11 Å². The largest absolute Gasteiger partial charge is 0.508 e. The number of benzene rings is 2. The fourth-order valence-corrected chi connectivity index (χ4v) is 2.22. The lowest BCUT2D eigenvalue weighted by atomic mass is 10.1. The molecule has 2 aromatic carbocycles. The van der Waals surface area contributed by atoms with Crippen LogP contribution in [0.5, 0.6) is 17.2 Å². The van der Waals surface area contributed by atoms with Crippen LogP contribution < -0.4 is 14.8 Å². The van der Waals surface area contributed by atoms with Crippen LogP contribution in [-0.2, 0) is 6.54 Å². The van der Waals surface area contributed by atoms with Crippen molar-refractivity contribution in [1.29, 1.82) is 0 Å². The monoisotopic (exact) mass is 287 g/mol. The molecule has 0 heterocycles. The Kier molecular flexibility index (Phi) is 4.58. The van der Waals surface area contributed by atoms with Crippen LogP contribution in [0.1, 0.15) is 16.7 Å². The topological polar surface area (TPSA) is 50.7 Å². The van der Waals surface area contributed by atoms with Gasteiger partial charge in [-0.3, -0.25) is 0 Å². The average molecular weight is 287 g/mol. The summed E-state index contributed by atoms with van der Waals surface area (Å²) in [5.41, 5.74) is 3.99. The lowest BCUT2D eigenvalue weighted by molar-refractivity contribution is 0.355. The van der Waals surface area contributed by atoms with Crippen molar-refractivity contribution < 1.29 is 14.6 Å². The fourth-order valence-electron chi connectivity index (χ4n) is 2.22. The zero-order valence-corrected chi connectivity index (χ0v) is 12.9. The number of ether oxygens (including phenoxy) is 2. The number of hydrogen-bond acceptors (Lipinski definition) is 4. The molecule has 0 aliphatic rings.